The molecule has 2 aliphatic rings. The lowest BCUT2D eigenvalue weighted by atomic mass is 10.2. The number of nitrogens with zero attached hydrogens (tertiary/aromatic N) is 6. The van der Waals surface area contributed by atoms with Gasteiger partial charge in [0, 0.05) is 88.6 Å². The molecule has 2 N–H and O–H groups in total. The summed E-state index contributed by atoms with van der Waals surface area (Å²) in [6.07, 6.45) is 4.68. The van der Waals surface area contributed by atoms with Gasteiger partial charge in [0.25, 0.3) is 0 Å². The molecule has 1 atom stereocenters. The summed E-state index contributed by atoms with van der Waals surface area (Å²) in [5.74, 6) is 1.70. The highest BCUT2D eigenvalue weighted by molar-refractivity contribution is 14.0. The quantitative estimate of drug-likeness (QED) is 0.314. The van der Waals surface area contributed by atoms with Crippen molar-refractivity contribution in [3.63, 3.8) is 0 Å². The largest absolute Gasteiger partial charge is 0.369 e. The van der Waals surface area contributed by atoms with Crippen LogP contribution in [0.3, 0.4) is 0 Å². The van der Waals surface area contributed by atoms with Crippen LogP contribution in [0.5, 0.6) is 0 Å². The van der Waals surface area contributed by atoms with E-state index in [2.05, 4.69) is 46.4 Å². The highest BCUT2D eigenvalue weighted by Crippen LogP contribution is 2.23. The molecule has 10 heteroatoms. The number of piperazine rings is 1. The lowest BCUT2D eigenvalue weighted by Gasteiger charge is -2.34. The average Bonchev–Trinajstić information content (AvgIpc) is 3.28. The predicted molar refractivity (Wildman–Crippen MR) is 143 cm³/mol. The van der Waals surface area contributed by atoms with Gasteiger partial charge < -0.3 is 20.4 Å². The number of aromatic nitrogens is 2. The molecule has 8 nitrogen and oxygen atoms in total. The topological polar surface area (TPSA) is 71.9 Å². The van der Waals surface area contributed by atoms with Gasteiger partial charge in [-0.15, -0.1) is 24.0 Å². The molecule has 0 bridgehead atoms. The minimum absolute atomic E-state index is 0. The predicted octanol–water partition coefficient (Wildman–Crippen LogP) is 2.31. The fourth-order valence-electron chi connectivity index (χ4n) is 4.13. The van der Waals surface area contributed by atoms with Crippen molar-refractivity contribution in [2.45, 2.75) is 12.5 Å². The van der Waals surface area contributed by atoms with E-state index in [4.69, 9.17) is 11.6 Å². The first kappa shape index (κ1) is 24.8. The van der Waals surface area contributed by atoms with E-state index in [9.17, 15) is 0 Å². The van der Waals surface area contributed by atoms with Crippen LogP contribution in [0.4, 0.5) is 11.6 Å². The van der Waals surface area contributed by atoms with Crippen molar-refractivity contribution in [1.29, 1.82) is 0 Å². The highest BCUT2D eigenvalue weighted by atomic mass is 127. The van der Waals surface area contributed by atoms with Crippen LogP contribution in [0.2, 0.25) is 5.02 Å². The summed E-state index contributed by atoms with van der Waals surface area (Å²) in [5.41, 5.74) is 1.18. The van der Waals surface area contributed by atoms with E-state index in [0.717, 1.165) is 75.7 Å². The molecule has 3 heterocycles. The van der Waals surface area contributed by atoms with Crippen LogP contribution in [-0.4, -0.2) is 86.3 Å². The van der Waals surface area contributed by atoms with E-state index in [-0.39, 0.29) is 24.0 Å². The number of guanidine groups is 1. The first-order valence-corrected chi connectivity index (χ1v) is 11.3. The second-order valence-corrected chi connectivity index (χ2v) is 8.37. The first-order chi connectivity index (χ1) is 15.2. The highest BCUT2D eigenvalue weighted by Gasteiger charge is 2.24. The molecule has 4 rings (SSSR count). The molecule has 0 saturated carbocycles. The lowest BCUT2D eigenvalue weighted by Crippen LogP contribution is -2.50. The number of anilines is 2. The third kappa shape index (κ3) is 6.82. The van der Waals surface area contributed by atoms with Gasteiger partial charge in [-0.1, -0.05) is 17.7 Å². The SMILES string of the molecule is CN=C(NCCN1CCN(c2ncccn2)CC1)NC1CCN(c2cccc(Cl)c2)C1.I. The van der Waals surface area contributed by atoms with E-state index in [1.165, 1.54) is 5.69 Å². The number of benzene rings is 1. The molecule has 2 aromatic rings. The summed E-state index contributed by atoms with van der Waals surface area (Å²) in [7, 11) is 1.83. The van der Waals surface area contributed by atoms with E-state index < -0.39 is 0 Å². The van der Waals surface area contributed by atoms with E-state index >= 15 is 0 Å². The zero-order chi connectivity index (χ0) is 21.5. The van der Waals surface area contributed by atoms with Crippen LogP contribution in [-0.2, 0) is 0 Å². The van der Waals surface area contributed by atoms with Gasteiger partial charge in [-0.3, -0.25) is 9.89 Å². The van der Waals surface area contributed by atoms with Crippen molar-refractivity contribution in [1.82, 2.24) is 25.5 Å². The van der Waals surface area contributed by atoms with E-state index in [1.807, 2.05) is 31.3 Å². The Kier molecular flexibility index (Phi) is 9.61. The normalized spacial score (nSPS) is 19.6. The van der Waals surface area contributed by atoms with Crippen LogP contribution in [0.25, 0.3) is 0 Å². The molecule has 1 aromatic carbocycles. The van der Waals surface area contributed by atoms with Crippen LogP contribution in [0.15, 0.2) is 47.7 Å². The Hall–Kier alpha value is -1.85. The van der Waals surface area contributed by atoms with Crippen molar-refractivity contribution < 1.29 is 0 Å². The summed E-state index contributed by atoms with van der Waals surface area (Å²) < 4.78 is 0. The fraction of sp³-hybridized carbons (Fsp3) is 0.500. The summed E-state index contributed by atoms with van der Waals surface area (Å²) in [5, 5.41) is 7.82. The minimum Gasteiger partial charge on any atom is -0.369 e. The molecule has 0 aliphatic carbocycles. The maximum absolute atomic E-state index is 6.14. The Bertz CT molecular complexity index is 860. The number of aliphatic imine (C=N–C) groups is 1. The van der Waals surface area contributed by atoms with Crippen molar-refractivity contribution in [3.05, 3.63) is 47.7 Å². The first-order valence-electron chi connectivity index (χ1n) is 10.9. The third-order valence-corrected chi connectivity index (χ3v) is 6.09. The van der Waals surface area contributed by atoms with Gasteiger partial charge in [-0.05, 0) is 30.7 Å². The molecule has 174 valence electrons. The summed E-state index contributed by atoms with van der Waals surface area (Å²) in [4.78, 5) is 20.2. The van der Waals surface area contributed by atoms with E-state index in [1.54, 1.807) is 12.4 Å². The van der Waals surface area contributed by atoms with Gasteiger partial charge >= 0.3 is 0 Å². The number of hydrogen-bond acceptors (Lipinski definition) is 6. The summed E-state index contributed by atoms with van der Waals surface area (Å²) >= 11 is 6.14. The smallest absolute Gasteiger partial charge is 0.225 e. The molecule has 2 fully saturated rings. The van der Waals surface area contributed by atoms with Crippen LogP contribution >= 0.6 is 35.6 Å². The second-order valence-electron chi connectivity index (χ2n) is 7.93. The van der Waals surface area contributed by atoms with Gasteiger partial charge in [0.1, 0.15) is 0 Å². The Balaban J connectivity index is 0.00000289. The molecule has 0 spiro atoms. The standard InChI is InChI=1S/C22H31ClN8.HI/c1-24-21(28-19-6-10-31(17-19)20-5-2-4-18(23)16-20)25-9-11-29-12-14-30(15-13-29)22-26-7-3-8-27-22;/h2-5,7-8,16,19H,6,9-15,17H2,1H3,(H2,24,25,28);1H. The average molecular weight is 571 g/mol. The molecule has 1 unspecified atom stereocenters. The van der Waals surface area contributed by atoms with Gasteiger partial charge in [0.05, 0.1) is 0 Å². The monoisotopic (exact) mass is 570 g/mol. The third-order valence-electron chi connectivity index (χ3n) is 5.85. The van der Waals surface area contributed by atoms with Crippen molar-refractivity contribution in [3.8, 4) is 0 Å². The summed E-state index contributed by atoms with van der Waals surface area (Å²) in [6.45, 7) is 7.77. The number of nitrogens with one attached hydrogen (secondary N) is 2. The Morgan fingerprint density at radius 2 is 1.88 bits per heavy atom. The maximum atomic E-state index is 6.14. The Morgan fingerprint density at radius 1 is 1.09 bits per heavy atom. The Labute approximate surface area is 212 Å². The van der Waals surface area contributed by atoms with Gasteiger partial charge in [-0.2, -0.15) is 0 Å². The van der Waals surface area contributed by atoms with Crippen LogP contribution in [0.1, 0.15) is 6.42 Å². The van der Waals surface area contributed by atoms with Crippen LogP contribution < -0.4 is 20.4 Å². The Morgan fingerprint density at radius 3 is 2.59 bits per heavy atom. The summed E-state index contributed by atoms with van der Waals surface area (Å²) in [6, 6.07) is 10.3. The lowest BCUT2D eigenvalue weighted by molar-refractivity contribution is 0.260. The minimum atomic E-state index is 0. The molecule has 2 saturated heterocycles. The second kappa shape index (κ2) is 12.4. The number of rotatable bonds is 6. The van der Waals surface area contributed by atoms with Gasteiger partial charge in [-0.25, -0.2) is 9.97 Å². The number of halogens is 2. The molecular weight excluding hydrogens is 539 g/mol. The molecule has 0 radical (unpaired) electrons. The van der Waals surface area contributed by atoms with Crippen LogP contribution in [0, 0.1) is 0 Å². The van der Waals surface area contributed by atoms with E-state index in [0.29, 0.717) is 6.04 Å². The molecular formula is C22H32ClIN8. The molecule has 2 aliphatic heterocycles. The zero-order valence-electron chi connectivity index (χ0n) is 18.5. The van der Waals surface area contributed by atoms with Crippen molar-refractivity contribution in [2.24, 2.45) is 4.99 Å². The maximum Gasteiger partial charge on any atom is 0.225 e. The van der Waals surface area contributed by atoms with Crippen molar-refractivity contribution >= 4 is 53.2 Å². The van der Waals surface area contributed by atoms with Gasteiger partial charge in [0.15, 0.2) is 5.96 Å². The molecule has 32 heavy (non-hydrogen) atoms. The van der Waals surface area contributed by atoms with Gasteiger partial charge in [0.2, 0.25) is 5.95 Å². The zero-order valence-corrected chi connectivity index (χ0v) is 21.5. The molecule has 1 aromatic heterocycles. The fourth-order valence-corrected chi connectivity index (χ4v) is 4.32. The van der Waals surface area contributed by atoms with Crippen molar-refractivity contribution in [2.75, 3.05) is 69.2 Å². The number of hydrogen-bond donors (Lipinski definition) is 2. The molecule has 0 amide bonds.